The van der Waals surface area contributed by atoms with E-state index in [4.69, 9.17) is 0 Å². The van der Waals surface area contributed by atoms with Crippen molar-refractivity contribution in [3.63, 3.8) is 0 Å². The first-order chi connectivity index (χ1) is 10.3. The van der Waals surface area contributed by atoms with Gasteiger partial charge in [-0.05, 0) is 36.8 Å². The molecule has 0 aromatic heterocycles. The van der Waals surface area contributed by atoms with Gasteiger partial charge in [0.25, 0.3) is 0 Å². The zero-order valence-electron chi connectivity index (χ0n) is 13.6. The van der Waals surface area contributed by atoms with Gasteiger partial charge in [-0.15, -0.1) is 0 Å². The molecule has 2 rings (SSSR count). The highest BCUT2D eigenvalue weighted by molar-refractivity contribution is 5.86. The third-order valence-corrected chi connectivity index (χ3v) is 4.78. The van der Waals surface area contributed by atoms with Crippen LogP contribution in [0.3, 0.4) is 0 Å². The Morgan fingerprint density at radius 3 is 2.57 bits per heavy atom. The molecule has 0 aliphatic heterocycles. The summed E-state index contributed by atoms with van der Waals surface area (Å²) >= 11 is 0. The number of carbonyl (C=O) groups is 1. The summed E-state index contributed by atoms with van der Waals surface area (Å²) in [6, 6.07) is 8.55. The van der Waals surface area contributed by atoms with Crippen LogP contribution < -0.4 is 0 Å². The van der Waals surface area contributed by atoms with Crippen molar-refractivity contribution < 1.29 is 4.79 Å². The molecule has 21 heavy (non-hydrogen) atoms. The van der Waals surface area contributed by atoms with Crippen LogP contribution in [-0.2, 0) is 11.2 Å². The molecule has 0 radical (unpaired) electrons. The van der Waals surface area contributed by atoms with Gasteiger partial charge < -0.3 is 0 Å². The van der Waals surface area contributed by atoms with Crippen LogP contribution in [0.1, 0.15) is 88.2 Å². The molecule has 0 N–H and O–H groups in total. The molecule has 1 aliphatic carbocycles. The van der Waals surface area contributed by atoms with Gasteiger partial charge in [0.2, 0.25) is 0 Å². The second kappa shape index (κ2) is 9.02. The summed E-state index contributed by atoms with van der Waals surface area (Å²) in [6.45, 7) is 2.25. The number of hydrogen-bond acceptors (Lipinski definition) is 1. The van der Waals surface area contributed by atoms with Crippen molar-refractivity contribution in [2.24, 2.45) is 0 Å². The van der Waals surface area contributed by atoms with Crippen LogP contribution in [0.2, 0.25) is 0 Å². The van der Waals surface area contributed by atoms with Gasteiger partial charge in [-0.2, -0.15) is 0 Å². The van der Waals surface area contributed by atoms with E-state index in [0.717, 1.165) is 25.7 Å². The van der Waals surface area contributed by atoms with Crippen molar-refractivity contribution in [2.75, 3.05) is 0 Å². The molecule has 1 heteroatoms. The maximum atomic E-state index is 12.5. The van der Waals surface area contributed by atoms with Gasteiger partial charge in [-0.1, -0.05) is 69.7 Å². The van der Waals surface area contributed by atoms with Crippen molar-refractivity contribution in [1.29, 1.82) is 0 Å². The second-order valence-electron chi connectivity index (χ2n) is 6.48. The molecule has 1 unspecified atom stereocenters. The number of unbranched alkanes of at least 4 members (excludes halogenated alkanes) is 6. The van der Waals surface area contributed by atoms with Gasteiger partial charge in [0.05, 0.1) is 0 Å². The monoisotopic (exact) mass is 286 g/mol. The van der Waals surface area contributed by atoms with Crippen LogP contribution in [0, 0.1) is 0 Å². The van der Waals surface area contributed by atoms with Gasteiger partial charge in [-0.3, -0.25) is 4.79 Å². The first kappa shape index (κ1) is 16.3. The molecule has 1 atom stereocenters. The smallest absolute Gasteiger partial charge is 0.140 e. The van der Waals surface area contributed by atoms with Crippen molar-refractivity contribution in [1.82, 2.24) is 0 Å². The van der Waals surface area contributed by atoms with Crippen LogP contribution in [0.4, 0.5) is 0 Å². The Labute approximate surface area is 130 Å². The summed E-state index contributed by atoms with van der Waals surface area (Å²) in [5, 5.41) is 0. The zero-order chi connectivity index (χ0) is 14.9. The molecule has 0 spiro atoms. The predicted molar refractivity (Wildman–Crippen MR) is 89.7 cm³/mol. The zero-order valence-corrected chi connectivity index (χ0v) is 13.6. The summed E-state index contributed by atoms with van der Waals surface area (Å²) in [7, 11) is 0. The van der Waals surface area contributed by atoms with Gasteiger partial charge in [0.15, 0.2) is 0 Å². The van der Waals surface area contributed by atoms with Crippen LogP contribution in [0.15, 0.2) is 24.3 Å². The lowest BCUT2D eigenvalue weighted by atomic mass is 9.79. The maximum Gasteiger partial charge on any atom is 0.140 e. The van der Waals surface area contributed by atoms with E-state index < -0.39 is 0 Å². The van der Waals surface area contributed by atoms with Gasteiger partial charge in [0, 0.05) is 12.3 Å². The highest BCUT2D eigenvalue weighted by atomic mass is 16.1. The Morgan fingerprint density at radius 2 is 1.76 bits per heavy atom. The first-order valence-electron chi connectivity index (χ1n) is 8.93. The fraction of sp³-hybridized carbons (Fsp3) is 0.650. The van der Waals surface area contributed by atoms with Crippen LogP contribution >= 0.6 is 0 Å². The second-order valence-corrected chi connectivity index (χ2v) is 6.48. The summed E-state index contributed by atoms with van der Waals surface area (Å²) in [6.07, 6.45) is 13.1. The Bertz CT molecular complexity index is 435. The van der Waals surface area contributed by atoms with Crippen molar-refractivity contribution in [3.8, 4) is 0 Å². The minimum Gasteiger partial charge on any atom is -0.299 e. The Hall–Kier alpha value is -1.11. The molecular formula is C20H30O. The first-order valence-corrected chi connectivity index (χ1v) is 8.93. The van der Waals surface area contributed by atoms with Crippen molar-refractivity contribution >= 4 is 5.78 Å². The van der Waals surface area contributed by atoms with E-state index in [1.54, 1.807) is 0 Å². The average molecular weight is 286 g/mol. The van der Waals surface area contributed by atoms with E-state index >= 15 is 0 Å². The molecule has 1 aliphatic rings. The SMILES string of the molecule is CCCCCCCCCC(=O)C1CCCc2ccccc21. The number of aryl methyl sites for hydroxylation is 1. The van der Waals surface area contributed by atoms with E-state index in [-0.39, 0.29) is 5.92 Å². The highest BCUT2D eigenvalue weighted by Gasteiger charge is 2.25. The predicted octanol–water partition coefficient (Wildman–Crippen LogP) is 5.82. The molecule has 116 valence electrons. The van der Waals surface area contributed by atoms with Crippen LogP contribution in [0.5, 0.6) is 0 Å². The number of hydrogen-bond donors (Lipinski definition) is 0. The maximum absolute atomic E-state index is 12.5. The molecule has 0 bridgehead atoms. The van der Waals surface area contributed by atoms with E-state index in [2.05, 4.69) is 31.2 Å². The molecule has 0 fully saturated rings. The van der Waals surface area contributed by atoms with Gasteiger partial charge in [-0.25, -0.2) is 0 Å². The standard InChI is InChI=1S/C20H30O/c1-2-3-4-5-6-7-8-16-20(21)19-15-11-13-17-12-9-10-14-18(17)19/h9-10,12,14,19H,2-8,11,13,15-16H2,1H3. The Balaban J connectivity index is 1.72. The molecule has 0 saturated heterocycles. The number of rotatable bonds is 9. The van der Waals surface area contributed by atoms with E-state index in [0.29, 0.717) is 5.78 Å². The molecule has 1 aromatic rings. The largest absolute Gasteiger partial charge is 0.299 e. The third kappa shape index (κ3) is 4.98. The minimum absolute atomic E-state index is 0.190. The number of ketones is 1. The summed E-state index contributed by atoms with van der Waals surface area (Å²) < 4.78 is 0. The van der Waals surface area contributed by atoms with E-state index in [1.165, 1.54) is 56.1 Å². The van der Waals surface area contributed by atoms with Gasteiger partial charge in [0.1, 0.15) is 5.78 Å². The summed E-state index contributed by atoms with van der Waals surface area (Å²) in [5.74, 6) is 0.672. The fourth-order valence-corrected chi connectivity index (χ4v) is 3.52. The van der Waals surface area contributed by atoms with Crippen LogP contribution in [-0.4, -0.2) is 5.78 Å². The number of benzene rings is 1. The molecule has 1 aromatic carbocycles. The lowest BCUT2D eigenvalue weighted by Gasteiger charge is -2.24. The number of Topliss-reactive ketones (excluding diaryl/α,β-unsaturated/α-hetero) is 1. The Kier molecular flexibility index (Phi) is 6.99. The van der Waals surface area contributed by atoms with Crippen molar-refractivity contribution in [2.45, 2.75) is 83.5 Å². The summed E-state index contributed by atoms with van der Waals surface area (Å²) in [4.78, 5) is 12.5. The van der Waals surface area contributed by atoms with E-state index in [9.17, 15) is 4.79 Å². The van der Waals surface area contributed by atoms with E-state index in [1.807, 2.05) is 0 Å². The minimum atomic E-state index is 0.190. The third-order valence-electron chi connectivity index (χ3n) is 4.78. The fourth-order valence-electron chi connectivity index (χ4n) is 3.52. The quantitative estimate of drug-likeness (QED) is 0.523. The molecule has 0 heterocycles. The van der Waals surface area contributed by atoms with Crippen molar-refractivity contribution in [3.05, 3.63) is 35.4 Å². The molecular weight excluding hydrogens is 256 g/mol. The van der Waals surface area contributed by atoms with Crippen LogP contribution in [0.25, 0.3) is 0 Å². The summed E-state index contributed by atoms with van der Waals surface area (Å²) in [5.41, 5.74) is 2.72. The molecule has 0 saturated carbocycles. The molecule has 0 amide bonds. The topological polar surface area (TPSA) is 17.1 Å². The number of fused-ring (bicyclic) bond motifs is 1. The highest BCUT2D eigenvalue weighted by Crippen LogP contribution is 2.33. The average Bonchev–Trinajstić information content (AvgIpc) is 2.53. The lowest BCUT2D eigenvalue weighted by molar-refractivity contribution is -0.120. The normalized spacial score (nSPS) is 17.5. The number of carbonyl (C=O) groups excluding carboxylic acids is 1. The molecule has 1 nitrogen and oxygen atoms in total. The lowest BCUT2D eigenvalue weighted by Crippen LogP contribution is -2.18. The van der Waals surface area contributed by atoms with Gasteiger partial charge >= 0.3 is 0 Å². The Morgan fingerprint density at radius 1 is 1.05 bits per heavy atom.